The van der Waals surface area contributed by atoms with Crippen LogP contribution >= 0.6 is 0 Å². The predicted molar refractivity (Wildman–Crippen MR) is 96.2 cm³/mol. The molecule has 0 radical (unpaired) electrons. The van der Waals surface area contributed by atoms with Crippen LogP contribution in [0.25, 0.3) is 11.0 Å². The van der Waals surface area contributed by atoms with Crippen molar-refractivity contribution in [3.8, 4) is 12.3 Å². The Morgan fingerprint density at radius 1 is 1.12 bits per heavy atom. The topological polar surface area (TPSA) is 75.6 Å². The molecule has 0 atom stereocenters. The second-order valence-corrected chi connectivity index (χ2v) is 6.37. The molecular formula is C18H18N6. The summed E-state index contributed by atoms with van der Waals surface area (Å²) in [6.45, 7) is 6.14. The highest BCUT2D eigenvalue weighted by Crippen LogP contribution is 2.23. The molecule has 0 amide bonds. The number of nitrogens with zero attached hydrogens (tertiary/aromatic N) is 4. The SMILES string of the molecule is C#Cc1cccc(Nc2ncnc3cnc(NC(C)(C)C)nc23)c1. The Bertz CT molecular complexity index is 921. The highest BCUT2D eigenvalue weighted by Gasteiger charge is 2.13. The average molecular weight is 318 g/mol. The molecule has 2 N–H and O–H groups in total. The standard InChI is InChI=1S/C18H18N6/c1-5-12-7-6-8-13(9-12)22-16-15-14(20-11-21-16)10-19-17(23-15)24-18(2,3)4/h1,6-11H,2-4H3,(H,19,23,24)(H,20,21,22). The lowest BCUT2D eigenvalue weighted by Gasteiger charge is -2.20. The Labute approximate surface area is 140 Å². The molecule has 0 aliphatic heterocycles. The summed E-state index contributed by atoms with van der Waals surface area (Å²) in [5, 5.41) is 6.50. The Morgan fingerprint density at radius 2 is 1.96 bits per heavy atom. The average Bonchev–Trinajstić information content (AvgIpc) is 2.54. The van der Waals surface area contributed by atoms with E-state index in [-0.39, 0.29) is 5.54 Å². The van der Waals surface area contributed by atoms with Gasteiger partial charge in [0.25, 0.3) is 0 Å². The molecule has 3 aromatic rings. The van der Waals surface area contributed by atoms with Crippen LogP contribution in [0.15, 0.2) is 36.8 Å². The molecule has 6 heteroatoms. The van der Waals surface area contributed by atoms with Crippen molar-refractivity contribution in [2.24, 2.45) is 0 Å². The van der Waals surface area contributed by atoms with E-state index in [1.165, 1.54) is 6.33 Å². The Kier molecular flexibility index (Phi) is 4.00. The van der Waals surface area contributed by atoms with Crippen LogP contribution in [0, 0.1) is 12.3 Å². The molecule has 2 heterocycles. The number of fused-ring (bicyclic) bond motifs is 1. The van der Waals surface area contributed by atoms with E-state index in [1.54, 1.807) is 6.20 Å². The van der Waals surface area contributed by atoms with Crippen LogP contribution in [-0.4, -0.2) is 25.5 Å². The number of benzene rings is 1. The zero-order valence-corrected chi connectivity index (χ0v) is 13.8. The summed E-state index contributed by atoms with van der Waals surface area (Å²) in [6.07, 6.45) is 8.61. The van der Waals surface area contributed by atoms with E-state index >= 15 is 0 Å². The van der Waals surface area contributed by atoms with Gasteiger partial charge >= 0.3 is 0 Å². The van der Waals surface area contributed by atoms with Gasteiger partial charge in [-0.25, -0.2) is 19.9 Å². The first-order chi connectivity index (χ1) is 11.4. The number of rotatable bonds is 3. The van der Waals surface area contributed by atoms with Crippen molar-refractivity contribution in [1.82, 2.24) is 19.9 Å². The molecule has 0 aliphatic rings. The molecule has 6 nitrogen and oxygen atoms in total. The highest BCUT2D eigenvalue weighted by molar-refractivity contribution is 5.87. The monoisotopic (exact) mass is 318 g/mol. The first kappa shape index (κ1) is 15.7. The number of anilines is 3. The van der Waals surface area contributed by atoms with Gasteiger partial charge in [-0.2, -0.15) is 0 Å². The van der Waals surface area contributed by atoms with Gasteiger partial charge in [-0.1, -0.05) is 12.0 Å². The zero-order chi connectivity index (χ0) is 17.2. The van der Waals surface area contributed by atoms with E-state index in [0.717, 1.165) is 11.3 Å². The van der Waals surface area contributed by atoms with Crippen LogP contribution in [0.5, 0.6) is 0 Å². The first-order valence-corrected chi connectivity index (χ1v) is 7.54. The fourth-order valence-electron chi connectivity index (χ4n) is 2.16. The van der Waals surface area contributed by atoms with Crippen LogP contribution in [0.4, 0.5) is 17.5 Å². The van der Waals surface area contributed by atoms with Gasteiger partial charge in [0.15, 0.2) is 5.82 Å². The fourth-order valence-corrected chi connectivity index (χ4v) is 2.16. The lowest BCUT2D eigenvalue weighted by atomic mass is 10.1. The lowest BCUT2D eigenvalue weighted by Crippen LogP contribution is -2.27. The summed E-state index contributed by atoms with van der Waals surface area (Å²) in [5.41, 5.74) is 2.81. The Balaban J connectivity index is 2.00. The van der Waals surface area contributed by atoms with Crippen molar-refractivity contribution in [2.45, 2.75) is 26.3 Å². The number of hydrogen-bond acceptors (Lipinski definition) is 6. The molecule has 2 aromatic heterocycles. The molecular weight excluding hydrogens is 300 g/mol. The van der Waals surface area contributed by atoms with Crippen LogP contribution in [0.1, 0.15) is 26.3 Å². The number of hydrogen-bond donors (Lipinski definition) is 2. The van der Waals surface area contributed by atoms with Crippen molar-refractivity contribution in [3.63, 3.8) is 0 Å². The van der Waals surface area contributed by atoms with Crippen molar-refractivity contribution in [3.05, 3.63) is 42.4 Å². The zero-order valence-electron chi connectivity index (χ0n) is 13.8. The number of terminal acetylenes is 1. The Hall–Kier alpha value is -3.20. The minimum atomic E-state index is -0.141. The smallest absolute Gasteiger partial charge is 0.223 e. The first-order valence-electron chi connectivity index (χ1n) is 7.54. The van der Waals surface area contributed by atoms with Gasteiger partial charge < -0.3 is 10.6 Å². The second-order valence-electron chi connectivity index (χ2n) is 6.37. The third-order valence-corrected chi connectivity index (χ3v) is 3.16. The van der Waals surface area contributed by atoms with E-state index in [4.69, 9.17) is 6.42 Å². The maximum Gasteiger partial charge on any atom is 0.223 e. The van der Waals surface area contributed by atoms with Crippen LogP contribution < -0.4 is 10.6 Å². The number of aromatic nitrogens is 4. The maximum atomic E-state index is 5.45. The molecule has 3 rings (SSSR count). The molecule has 0 spiro atoms. The van der Waals surface area contributed by atoms with E-state index in [2.05, 4.69) is 36.5 Å². The largest absolute Gasteiger partial charge is 0.350 e. The van der Waals surface area contributed by atoms with E-state index < -0.39 is 0 Å². The molecule has 0 saturated heterocycles. The quantitative estimate of drug-likeness (QED) is 0.721. The minimum absolute atomic E-state index is 0.141. The van der Waals surface area contributed by atoms with Gasteiger partial charge in [0, 0.05) is 16.8 Å². The van der Waals surface area contributed by atoms with Crippen LogP contribution in [-0.2, 0) is 0 Å². The van der Waals surface area contributed by atoms with Crippen LogP contribution in [0.2, 0.25) is 0 Å². The van der Waals surface area contributed by atoms with Crippen molar-refractivity contribution >= 4 is 28.5 Å². The summed E-state index contributed by atoms with van der Waals surface area (Å²) < 4.78 is 0. The molecule has 120 valence electrons. The number of nitrogens with one attached hydrogen (secondary N) is 2. The fraction of sp³-hybridized carbons (Fsp3) is 0.222. The van der Waals surface area contributed by atoms with E-state index in [0.29, 0.717) is 22.8 Å². The van der Waals surface area contributed by atoms with E-state index in [9.17, 15) is 0 Å². The second kappa shape index (κ2) is 6.13. The summed E-state index contributed by atoms with van der Waals surface area (Å²) in [6, 6.07) is 7.56. The minimum Gasteiger partial charge on any atom is -0.350 e. The third-order valence-electron chi connectivity index (χ3n) is 3.16. The molecule has 0 bridgehead atoms. The molecule has 1 aromatic carbocycles. The normalized spacial score (nSPS) is 11.1. The lowest BCUT2D eigenvalue weighted by molar-refractivity contribution is 0.626. The highest BCUT2D eigenvalue weighted by atomic mass is 15.1. The van der Waals surface area contributed by atoms with Gasteiger partial charge in [0.05, 0.1) is 6.20 Å². The van der Waals surface area contributed by atoms with Crippen molar-refractivity contribution < 1.29 is 0 Å². The van der Waals surface area contributed by atoms with Gasteiger partial charge in [-0.3, -0.25) is 0 Å². The molecule has 0 saturated carbocycles. The third kappa shape index (κ3) is 3.58. The summed E-state index contributed by atoms with van der Waals surface area (Å²) in [7, 11) is 0. The van der Waals surface area contributed by atoms with E-state index in [1.807, 2.05) is 45.0 Å². The summed E-state index contributed by atoms with van der Waals surface area (Å²) >= 11 is 0. The van der Waals surface area contributed by atoms with Gasteiger partial charge in [-0.05, 0) is 39.0 Å². The molecule has 0 aliphatic carbocycles. The predicted octanol–water partition coefficient (Wildman–Crippen LogP) is 3.36. The van der Waals surface area contributed by atoms with Crippen molar-refractivity contribution in [1.29, 1.82) is 0 Å². The summed E-state index contributed by atoms with van der Waals surface area (Å²) in [4.78, 5) is 17.4. The Morgan fingerprint density at radius 3 is 2.71 bits per heavy atom. The molecule has 0 fully saturated rings. The maximum absolute atomic E-state index is 5.45. The molecule has 24 heavy (non-hydrogen) atoms. The van der Waals surface area contributed by atoms with Crippen LogP contribution in [0.3, 0.4) is 0 Å². The van der Waals surface area contributed by atoms with Gasteiger partial charge in [0.2, 0.25) is 5.95 Å². The van der Waals surface area contributed by atoms with Gasteiger partial charge in [0.1, 0.15) is 17.4 Å². The van der Waals surface area contributed by atoms with Gasteiger partial charge in [-0.15, -0.1) is 6.42 Å². The summed E-state index contributed by atoms with van der Waals surface area (Å²) in [5.74, 6) is 3.75. The molecule has 0 unspecified atom stereocenters. The van der Waals surface area contributed by atoms with Crippen molar-refractivity contribution in [2.75, 3.05) is 10.6 Å².